The number of esters is 1. The molecule has 0 fully saturated rings. The van der Waals surface area contributed by atoms with E-state index in [4.69, 9.17) is 13.8 Å². The van der Waals surface area contributed by atoms with E-state index in [9.17, 15) is 9.36 Å². The van der Waals surface area contributed by atoms with Gasteiger partial charge in [0.1, 0.15) is 11.5 Å². The Morgan fingerprint density at radius 2 is 1.48 bits per heavy atom. The number of benzene rings is 2. The Bertz CT molecular complexity index is 716. The lowest BCUT2D eigenvalue weighted by Crippen LogP contribution is -2.01. The monoisotopic (exact) mass is 378 g/mol. The van der Waals surface area contributed by atoms with Crippen molar-refractivity contribution in [3.05, 3.63) is 71.6 Å². The fourth-order valence-corrected chi connectivity index (χ4v) is 5.16. The van der Waals surface area contributed by atoms with E-state index in [1.165, 1.54) is 6.08 Å². The number of para-hydroxylation sites is 2. The summed E-state index contributed by atoms with van der Waals surface area (Å²) >= 11 is 0.862. The predicted octanol–water partition coefficient (Wildman–Crippen LogP) is 5.45. The molecule has 0 bridgehead atoms. The number of rotatable bonds is 8. The molecule has 0 saturated heterocycles. The Balaban J connectivity index is 2.22. The summed E-state index contributed by atoms with van der Waals surface area (Å²) in [4.78, 5) is 12.0. The quantitative estimate of drug-likeness (QED) is 0.346. The van der Waals surface area contributed by atoms with E-state index in [-0.39, 0.29) is 6.61 Å². The van der Waals surface area contributed by atoms with Crippen LogP contribution in [0.1, 0.15) is 13.8 Å². The van der Waals surface area contributed by atoms with Crippen LogP contribution in [0.15, 0.2) is 71.6 Å². The molecule has 2 aromatic rings. The topological polar surface area (TPSA) is 61.8 Å². The standard InChI is InChI=1S/C18H19O5PS/c1-3-21-18(19)14-15(2)25-24(20,22-16-10-6-4-7-11-16)23-17-12-8-5-9-13-17/h4-14H,3H2,1-2H3/b15-14+. The average Bonchev–Trinajstić information content (AvgIpc) is 2.56. The molecule has 0 aliphatic rings. The van der Waals surface area contributed by atoms with Gasteiger partial charge in [0.2, 0.25) is 0 Å². The molecule has 0 heterocycles. The summed E-state index contributed by atoms with van der Waals surface area (Å²) in [7, 11) is 0. The minimum atomic E-state index is -3.65. The molecule has 0 aliphatic heterocycles. The van der Waals surface area contributed by atoms with Crippen LogP contribution in [-0.2, 0) is 14.1 Å². The Morgan fingerprint density at radius 3 is 1.92 bits per heavy atom. The van der Waals surface area contributed by atoms with Crippen LogP contribution in [0.3, 0.4) is 0 Å². The first kappa shape index (κ1) is 19.2. The second kappa shape index (κ2) is 9.35. The summed E-state index contributed by atoms with van der Waals surface area (Å²) in [5.74, 6) is 0.329. The number of hydrogen-bond acceptors (Lipinski definition) is 6. The maximum Gasteiger partial charge on any atom is 0.497 e. The summed E-state index contributed by atoms with van der Waals surface area (Å²) in [5, 5.41) is 0. The largest absolute Gasteiger partial charge is 0.497 e. The predicted molar refractivity (Wildman–Crippen MR) is 99.7 cm³/mol. The van der Waals surface area contributed by atoms with Crippen molar-refractivity contribution in [2.75, 3.05) is 6.61 Å². The summed E-state index contributed by atoms with van der Waals surface area (Å²) in [5.41, 5.74) is 0. The molecule has 0 radical (unpaired) electrons. The van der Waals surface area contributed by atoms with Crippen molar-refractivity contribution >= 4 is 24.1 Å². The zero-order valence-corrected chi connectivity index (χ0v) is 15.7. The fraction of sp³-hybridized carbons (Fsp3) is 0.167. The van der Waals surface area contributed by atoms with E-state index in [0.29, 0.717) is 16.4 Å². The maximum atomic E-state index is 13.2. The Morgan fingerprint density at radius 1 is 1.00 bits per heavy atom. The van der Waals surface area contributed by atoms with Crippen molar-refractivity contribution in [2.45, 2.75) is 13.8 Å². The molecule has 2 aromatic carbocycles. The molecule has 7 heteroatoms. The summed E-state index contributed by atoms with van der Waals surface area (Å²) in [6.07, 6.45) is 1.27. The van der Waals surface area contributed by atoms with Gasteiger partial charge >= 0.3 is 12.8 Å². The Kier molecular flexibility index (Phi) is 7.16. The van der Waals surface area contributed by atoms with Crippen molar-refractivity contribution in [1.82, 2.24) is 0 Å². The maximum absolute atomic E-state index is 13.2. The van der Waals surface area contributed by atoms with Crippen molar-refractivity contribution in [2.24, 2.45) is 0 Å². The van der Waals surface area contributed by atoms with Gasteiger partial charge < -0.3 is 13.8 Å². The zero-order chi connectivity index (χ0) is 18.1. The van der Waals surface area contributed by atoms with E-state index >= 15 is 0 Å². The van der Waals surface area contributed by atoms with Gasteiger partial charge in [-0.25, -0.2) is 9.36 Å². The number of hydrogen-bond donors (Lipinski definition) is 0. The lowest BCUT2D eigenvalue weighted by molar-refractivity contribution is -0.137. The van der Waals surface area contributed by atoms with Gasteiger partial charge in [0.15, 0.2) is 0 Å². The third-order valence-corrected chi connectivity index (χ3v) is 6.26. The Labute approximate surface area is 151 Å². The molecule has 0 saturated carbocycles. The molecular weight excluding hydrogens is 359 g/mol. The third-order valence-electron chi connectivity index (χ3n) is 2.78. The van der Waals surface area contributed by atoms with Gasteiger partial charge in [0.05, 0.1) is 6.61 Å². The lowest BCUT2D eigenvalue weighted by Gasteiger charge is -2.19. The minimum Gasteiger partial charge on any atom is -0.463 e. The van der Waals surface area contributed by atoms with Gasteiger partial charge in [-0.2, -0.15) is 0 Å². The molecular formula is C18H19O5PS. The van der Waals surface area contributed by atoms with Crippen LogP contribution in [0, 0.1) is 0 Å². The van der Waals surface area contributed by atoms with Gasteiger partial charge in [0, 0.05) is 22.4 Å². The highest BCUT2D eigenvalue weighted by Gasteiger charge is 2.31. The number of allylic oxidation sites excluding steroid dienone is 1. The van der Waals surface area contributed by atoms with E-state index in [2.05, 4.69) is 0 Å². The molecule has 0 N–H and O–H groups in total. The molecule has 0 amide bonds. The molecule has 0 aliphatic carbocycles. The van der Waals surface area contributed by atoms with E-state index < -0.39 is 12.8 Å². The average molecular weight is 378 g/mol. The van der Waals surface area contributed by atoms with Crippen LogP contribution < -0.4 is 9.05 Å². The van der Waals surface area contributed by atoms with Crippen LogP contribution in [-0.4, -0.2) is 12.6 Å². The first-order valence-electron chi connectivity index (χ1n) is 7.65. The summed E-state index contributed by atoms with van der Waals surface area (Å²) < 4.78 is 29.3. The highest BCUT2D eigenvalue weighted by Crippen LogP contribution is 2.62. The first-order chi connectivity index (χ1) is 12.0. The third kappa shape index (κ3) is 6.69. The molecule has 0 atom stereocenters. The number of carbonyl (C=O) groups is 1. The molecule has 2 rings (SSSR count). The normalized spacial score (nSPS) is 11.7. The van der Waals surface area contributed by atoms with Gasteiger partial charge in [-0.05, 0) is 38.1 Å². The Hall–Kier alpha value is -2.17. The van der Waals surface area contributed by atoms with Gasteiger partial charge in [0.25, 0.3) is 0 Å². The van der Waals surface area contributed by atoms with Gasteiger partial charge in [-0.15, -0.1) is 0 Å². The minimum absolute atomic E-state index is 0.270. The molecule has 25 heavy (non-hydrogen) atoms. The number of ether oxygens (including phenoxy) is 1. The molecule has 5 nitrogen and oxygen atoms in total. The van der Waals surface area contributed by atoms with Crippen molar-refractivity contribution in [1.29, 1.82) is 0 Å². The van der Waals surface area contributed by atoms with Crippen LogP contribution in [0.25, 0.3) is 0 Å². The SMILES string of the molecule is CCOC(=O)/C=C(\C)SP(=O)(Oc1ccccc1)Oc1ccccc1. The van der Waals surface area contributed by atoms with Crippen LogP contribution >= 0.6 is 18.2 Å². The lowest BCUT2D eigenvalue weighted by atomic mass is 10.3. The highest BCUT2D eigenvalue weighted by atomic mass is 32.7. The van der Waals surface area contributed by atoms with Crippen LogP contribution in [0.5, 0.6) is 11.5 Å². The van der Waals surface area contributed by atoms with Crippen LogP contribution in [0.4, 0.5) is 0 Å². The number of carbonyl (C=O) groups excluding carboxylic acids is 1. The first-order valence-corrected chi connectivity index (χ1v) is 10.6. The summed E-state index contributed by atoms with van der Waals surface area (Å²) in [6, 6.07) is 17.5. The molecule has 0 aromatic heterocycles. The molecule has 132 valence electrons. The van der Waals surface area contributed by atoms with Gasteiger partial charge in [-0.3, -0.25) is 0 Å². The molecule has 0 unspecified atom stereocenters. The van der Waals surface area contributed by atoms with E-state index in [1.807, 2.05) is 12.1 Å². The van der Waals surface area contributed by atoms with Crippen molar-refractivity contribution < 1.29 is 23.1 Å². The smallest absolute Gasteiger partial charge is 0.463 e. The second-order valence-electron chi connectivity index (χ2n) is 4.85. The van der Waals surface area contributed by atoms with Crippen molar-refractivity contribution in [3.63, 3.8) is 0 Å². The second-order valence-corrected chi connectivity index (χ2v) is 8.83. The van der Waals surface area contributed by atoms with E-state index in [0.717, 1.165) is 11.4 Å². The fourth-order valence-electron chi connectivity index (χ4n) is 1.83. The molecule has 0 spiro atoms. The van der Waals surface area contributed by atoms with Crippen molar-refractivity contribution in [3.8, 4) is 11.5 Å². The highest BCUT2D eigenvalue weighted by molar-refractivity contribution is 8.57. The zero-order valence-electron chi connectivity index (χ0n) is 14.0. The van der Waals surface area contributed by atoms with Crippen LogP contribution in [0.2, 0.25) is 0 Å². The van der Waals surface area contributed by atoms with E-state index in [1.54, 1.807) is 62.4 Å². The van der Waals surface area contributed by atoms with Gasteiger partial charge in [-0.1, -0.05) is 36.4 Å². The summed E-state index contributed by atoms with van der Waals surface area (Å²) in [6.45, 7) is -0.0159.